The lowest BCUT2D eigenvalue weighted by Gasteiger charge is -2.36. The summed E-state index contributed by atoms with van der Waals surface area (Å²) in [5, 5.41) is 5.77. The summed E-state index contributed by atoms with van der Waals surface area (Å²) in [5.41, 5.74) is 0.863. The van der Waals surface area contributed by atoms with Crippen LogP contribution in [0.2, 0.25) is 0 Å². The van der Waals surface area contributed by atoms with Gasteiger partial charge in [-0.3, -0.25) is 24.0 Å². The zero-order valence-corrected chi connectivity index (χ0v) is 26.6. The molecule has 0 spiro atoms. The fourth-order valence-corrected chi connectivity index (χ4v) is 5.85. The van der Waals surface area contributed by atoms with E-state index in [1.807, 2.05) is 44.2 Å². The molecule has 2 saturated heterocycles. The van der Waals surface area contributed by atoms with Crippen LogP contribution in [0.3, 0.4) is 0 Å². The van der Waals surface area contributed by atoms with Crippen LogP contribution in [0.4, 0.5) is 0 Å². The van der Waals surface area contributed by atoms with Crippen LogP contribution < -0.4 is 10.6 Å². The lowest BCUT2D eigenvalue weighted by atomic mass is 9.94. The SMILES string of the molecule is CCCCC[C@H]1NC(=O)[C@H](C)NC(=O)[C@@H](Cc2ccccc2)N(C)C(=O)[C@@H]2CCCN2C(=O)[C@H]([C@@H](C)CC)OC(=O)[C@H]1C. The molecule has 238 valence electrons. The number of nitrogens with one attached hydrogen (secondary N) is 2. The van der Waals surface area contributed by atoms with Gasteiger partial charge in [0.2, 0.25) is 17.7 Å². The number of hydrogen-bond acceptors (Lipinski definition) is 6. The number of ether oxygens (including phenoxy) is 1. The van der Waals surface area contributed by atoms with Crippen LogP contribution in [0.25, 0.3) is 0 Å². The summed E-state index contributed by atoms with van der Waals surface area (Å²) < 4.78 is 5.94. The van der Waals surface area contributed by atoms with E-state index in [0.29, 0.717) is 32.2 Å². The summed E-state index contributed by atoms with van der Waals surface area (Å²) in [7, 11) is 1.57. The Bertz CT molecular complexity index is 1130. The quantitative estimate of drug-likeness (QED) is 0.350. The molecule has 2 fully saturated rings. The Kier molecular flexibility index (Phi) is 12.6. The lowest BCUT2D eigenvalue weighted by molar-refractivity contribution is -0.169. The van der Waals surface area contributed by atoms with Crippen molar-refractivity contribution < 1.29 is 28.7 Å². The molecular formula is C33H50N4O6. The normalized spacial score (nSPS) is 28.7. The van der Waals surface area contributed by atoms with Crippen molar-refractivity contribution in [3.05, 3.63) is 35.9 Å². The number of fused-ring (bicyclic) bond motifs is 1. The predicted molar refractivity (Wildman–Crippen MR) is 164 cm³/mol. The average Bonchev–Trinajstić information content (AvgIpc) is 3.50. The fourth-order valence-electron chi connectivity index (χ4n) is 5.85. The molecule has 10 nitrogen and oxygen atoms in total. The second kappa shape index (κ2) is 15.9. The highest BCUT2D eigenvalue weighted by Crippen LogP contribution is 2.26. The predicted octanol–water partition coefficient (Wildman–Crippen LogP) is 3.22. The number of esters is 1. The summed E-state index contributed by atoms with van der Waals surface area (Å²) in [6, 6.07) is 6.28. The van der Waals surface area contributed by atoms with Crippen molar-refractivity contribution in [2.75, 3.05) is 13.6 Å². The number of amides is 4. The van der Waals surface area contributed by atoms with Crippen LogP contribution in [-0.4, -0.2) is 83.3 Å². The number of carbonyl (C=O) groups is 5. The first-order valence-corrected chi connectivity index (χ1v) is 15.9. The second-order valence-electron chi connectivity index (χ2n) is 12.2. The standard InChI is InChI=1S/C33H50N4O6/c1-7-9-11-17-25-22(4)33(42)43-28(21(3)8-2)32(41)37-19-14-18-26(37)31(40)36(6)27(20-24-15-12-10-13-16-24)30(39)34-23(5)29(38)35-25/h10,12-13,15-16,21-23,25-28H,7-9,11,14,17-20H2,1-6H3,(H,34,39)(H,35,38)/t21-,22-,23-,25+,26-,27+,28-/m0/s1. The Labute approximate surface area is 256 Å². The van der Waals surface area contributed by atoms with Gasteiger partial charge >= 0.3 is 5.97 Å². The Hall–Kier alpha value is -3.43. The average molecular weight is 599 g/mol. The van der Waals surface area contributed by atoms with E-state index in [0.717, 1.165) is 24.8 Å². The van der Waals surface area contributed by atoms with Gasteiger partial charge in [-0.25, -0.2) is 0 Å². The molecule has 3 rings (SSSR count). The monoisotopic (exact) mass is 598 g/mol. The Morgan fingerprint density at radius 3 is 2.30 bits per heavy atom. The van der Waals surface area contributed by atoms with E-state index in [9.17, 15) is 24.0 Å². The van der Waals surface area contributed by atoms with Gasteiger partial charge in [-0.1, -0.05) is 70.4 Å². The highest BCUT2D eigenvalue weighted by Gasteiger charge is 2.44. The number of hydrogen-bond donors (Lipinski definition) is 2. The van der Waals surface area contributed by atoms with Crippen LogP contribution in [-0.2, 0) is 35.1 Å². The topological polar surface area (TPSA) is 125 Å². The summed E-state index contributed by atoms with van der Waals surface area (Å²) in [4.78, 5) is 71.4. The molecule has 2 aliphatic rings. The van der Waals surface area contributed by atoms with Crippen molar-refractivity contribution in [1.29, 1.82) is 0 Å². The van der Waals surface area contributed by atoms with Gasteiger partial charge in [0.1, 0.15) is 18.1 Å². The molecule has 0 radical (unpaired) electrons. The third kappa shape index (κ3) is 8.57. The minimum Gasteiger partial charge on any atom is -0.452 e. The molecule has 0 aliphatic carbocycles. The number of likely N-dealkylation sites (N-methyl/N-ethyl adjacent to an activating group) is 1. The van der Waals surface area contributed by atoms with Gasteiger partial charge in [0.05, 0.1) is 5.92 Å². The first-order chi connectivity index (χ1) is 20.5. The first kappa shape index (κ1) is 34.1. The number of carbonyl (C=O) groups excluding carboxylic acids is 5. The van der Waals surface area contributed by atoms with Crippen molar-refractivity contribution in [2.24, 2.45) is 11.8 Å². The molecule has 7 atom stereocenters. The highest BCUT2D eigenvalue weighted by molar-refractivity contribution is 5.95. The molecule has 1 aromatic carbocycles. The minimum atomic E-state index is -1.05. The van der Waals surface area contributed by atoms with Gasteiger partial charge in [0, 0.05) is 32.0 Å². The van der Waals surface area contributed by atoms with Gasteiger partial charge in [0.25, 0.3) is 5.91 Å². The van der Waals surface area contributed by atoms with Crippen LogP contribution in [0.5, 0.6) is 0 Å². The van der Waals surface area contributed by atoms with Gasteiger partial charge in [0.15, 0.2) is 6.10 Å². The first-order valence-electron chi connectivity index (χ1n) is 15.9. The number of benzene rings is 1. The van der Waals surface area contributed by atoms with E-state index in [4.69, 9.17) is 4.74 Å². The number of cyclic esters (lactones) is 1. The summed E-state index contributed by atoms with van der Waals surface area (Å²) >= 11 is 0. The summed E-state index contributed by atoms with van der Waals surface area (Å²) in [6.45, 7) is 9.54. The molecule has 2 heterocycles. The second-order valence-corrected chi connectivity index (χ2v) is 12.2. The van der Waals surface area contributed by atoms with Crippen molar-refractivity contribution in [2.45, 2.75) is 116 Å². The smallest absolute Gasteiger partial charge is 0.311 e. The van der Waals surface area contributed by atoms with Gasteiger partial charge in [-0.2, -0.15) is 0 Å². The number of nitrogens with zero attached hydrogens (tertiary/aromatic N) is 2. The number of unbranched alkanes of at least 4 members (excludes halogenated alkanes) is 2. The van der Waals surface area contributed by atoms with E-state index >= 15 is 0 Å². The molecule has 4 amide bonds. The van der Waals surface area contributed by atoms with E-state index in [1.54, 1.807) is 20.9 Å². The zero-order chi connectivity index (χ0) is 31.7. The van der Waals surface area contributed by atoms with Crippen molar-refractivity contribution in [1.82, 2.24) is 20.4 Å². The molecule has 10 heteroatoms. The molecular weight excluding hydrogens is 548 g/mol. The van der Waals surface area contributed by atoms with Crippen molar-refractivity contribution in [3.63, 3.8) is 0 Å². The van der Waals surface area contributed by atoms with Crippen LogP contribution in [0.1, 0.15) is 85.1 Å². The molecule has 0 aromatic heterocycles. The molecule has 2 N–H and O–H groups in total. The molecule has 1 aromatic rings. The molecule has 0 unspecified atom stereocenters. The molecule has 0 saturated carbocycles. The molecule has 2 aliphatic heterocycles. The minimum absolute atomic E-state index is 0.244. The highest BCUT2D eigenvalue weighted by atomic mass is 16.5. The van der Waals surface area contributed by atoms with Gasteiger partial charge < -0.3 is 25.2 Å². The van der Waals surface area contributed by atoms with E-state index < -0.39 is 59.9 Å². The Morgan fingerprint density at radius 1 is 0.953 bits per heavy atom. The Morgan fingerprint density at radius 2 is 1.65 bits per heavy atom. The van der Waals surface area contributed by atoms with Crippen LogP contribution >= 0.6 is 0 Å². The maximum Gasteiger partial charge on any atom is 0.311 e. The summed E-state index contributed by atoms with van der Waals surface area (Å²) in [6.07, 6.45) is 4.12. The lowest BCUT2D eigenvalue weighted by Crippen LogP contribution is -2.59. The van der Waals surface area contributed by atoms with Gasteiger partial charge in [-0.15, -0.1) is 0 Å². The van der Waals surface area contributed by atoms with Gasteiger partial charge in [-0.05, 0) is 45.1 Å². The zero-order valence-electron chi connectivity index (χ0n) is 26.6. The maximum absolute atomic E-state index is 14.0. The largest absolute Gasteiger partial charge is 0.452 e. The summed E-state index contributed by atoms with van der Waals surface area (Å²) in [5.74, 6) is -3.19. The fraction of sp³-hybridized carbons (Fsp3) is 0.667. The Balaban J connectivity index is 2.03. The van der Waals surface area contributed by atoms with Crippen LogP contribution in [0.15, 0.2) is 30.3 Å². The van der Waals surface area contributed by atoms with Crippen LogP contribution in [0, 0.1) is 11.8 Å². The third-order valence-electron chi connectivity index (χ3n) is 9.03. The van der Waals surface area contributed by atoms with E-state index in [2.05, 4.69) is 17.6 Å². The molecule has 0 bridgehead atoms. The van der Waals surface area contributed by atoms with E-state index in [1.165, 1.54) is 9.80 Å². The van der Waals surface area contributed by atoms with E-state index in [-0.39, 0.29) is 18.2 Å². The third-order valence-corrected chi connectivity index (χ3v) is 9.03. The van der Waals surface area contributed by atoms with Crippen molar-refractivity contribution >= 4 is 29.6 Å². The number of rotatable bonds is 8. The molecule has 43 heavy (non-hydrogen) atoms. The van der Waals surface area contributed by atoms with Crippen molar-refractivity contribution in [3.8, 4) is 0 Å². The maximum atomic E-state index is 14.0.